The molecule has 0 amide bonds. The van der Waals surface area contributed by atoms with Gasteiger partial charge < -0.3 is 0 Å². The van der Waals surface area contributed by atoms with Gasteiger partial charge in [0.15, 0.2) is 0 Å². The summed E-state index contributed by atoms with van der Waals surface area (Å²) in [7, 11) is 2.46. The van der Waals surface area contributed by atoms with Gasteiger partial charge in [0.05, 0.1) is 0 Å². The molecule has 0 N–H and O–H groups in total. The molecule has 0 fully saturated rings. The van der Waals surface area contributed by atoms with E-state index >= 15 is 0 Å². The van der Waals surface area contributed by atoms with Gasteiger partial charge in [0.2, 0.25) is 0 Å². The minimum atomic E-state index is 0.512. The normalized spacial score (nSPS) is 10.1. The molecule has 4 heteroatoms. The molecule has 1 aromatic heterocycles. The zero-order valence-corrected chi connectivity index (χ0v) is 11.0. The van der Waals surface area contributed by atoms with Crippen molar-refractivity contribution >= 4 is 34.6 Å². The van der Waals surface area contributed by atoms with Gasteiger partial charge in [-0.2, -0.15) is 0 Å². The number of rotatable bonds is 3. The van der Waals surface area contributed by atoms with E-state index in [9.17, 15) is 0 Å². The summed E-state index contributed by atoms with van der Waals surface area (Å²) in [6.07, 6.45) is 0. The Morgan fingerprint density at radius 2 is 1.93 bits per heavy atom. The van der Waals surface area contributed by atoms with Gasteiger partial charge in [0, 0.05) is 0 Å². The van der Waals surface area contributed by atoms with Crippen molar-refractivity contribution in [3.63, 3.8) is 0 Å². The van der Waals surface area contributed by atoms with E-state index in [0.717, 1.165) is 5.75 Å². The third-order valence-corrected chi connectivity index (χ3v) is 4.31. The Balaban J connectivity index is 2.22. The van der Waals surface area contributed by atoms with Crippen LogP contribution in [-0.4, -0.2) is 14.5 Å². The predicted molar refractivity (Wildman–Crippen MR) is 66.7 cm³/mol. The molecular formula is C10H9OPSSe. The molecule has 1 unspecified atom stereocenters. The van der Waals surface area contributed by atoms with Crippen LogP contribution in [0.25, 0.3) is 10.0 Å². The van der Waals surface area contributed by atoms with Crippen LogP contribution in [0.5, 0.6) is 5.75 Å². The summed E-state index contributed by atoms with van der Waals surface area (Å²) in [5.41, 5.74) is 1.30. The first-order valence-electron chi connectivity index (χ1n) is 4.07. The maximum absolute atomic E-state index is 5.27. The first kappa shape index (κ1) is 10.3. The van der Waals surface area contributed by atoms with Crippen LogP contribution in [0, 0.1) is 0 Å². The van der Waals surface area contributed by atoms with Crippen LogP contribution >= 0.6 is 20.1 Å². The van der Waals surface area contributed by atoms with E-state index in [1.165, 1.54) is 21.7 Å². The Kier molecular flexibility index (Phi) is 3.72. The molecule has 2 rings (SSSR count). The Labute approximate surface area is 95.8 Å². The Morgan fingerprint density at radius 3 is 2.50 bits per heavy atom. The van der Waals surface area contributed by atoms with Crippen LogP contribution in [-0.2, 0) is 0 Å². The molecule has 0 spiro atoms. The summed E-state index contributed by atoms with van der Waals surface area (Å²) in [4.78, 5) is 2.23. The van der Waals surface area contributed by atoms with Crippen molar-refractivity contribution in [2.45, 2.75) is 0 Å². The second-order valence-electron chi connectivity index (χ2n) is 2.68. The van der Waals surface area contributed by atoms with Crippen molar-refractivity contribution in [1.29, 1.82) is 0 Å². The average molecular weight is 287 g/mol. The molecule has 0 aliphatic rings. The summed E-state index contributed by atoms with van der Waals surface area (Å²) >= 11 is 1.80. The topological polar surface area (TPSA) is 9.23 Å². The first-order chi connectivity index (χ1) is 6.90. The van der Waals surface area contributed by atoms with Crippen molar-refractivity contribution in [2.24, 2.45) is 0 Å². The maximum atomic E-state index is 5.27. The van der Waals surface area contributed by atoms with E-state index < -0.39 is 0 Å². The molecule has 72 valence electrons. The van der Waals surface area contributed by atoms with Crippen LogP contribution in [0.1, 0.15) is 0 Å². The third-order valence-electron chi connectivity index (χ3n) is 1.80. The molecule has 1 heterocycles. The molecule has 0 aliphatic heterocycles. The van der Waals surface area contributed by atoms with E-state index in [-0.39, 0.29) is 0 Å². The van der Waals surface area contributed by atoms with Crippen molar-refractivity contribution in [3.8, 4) is 15.8 Å². The molecule has 1 nitrogen and oxygen atoms in total. The molecule has 0 saturated carbocycles. The van der Waals surface area contributed by atoms with Crippen molar-refractivity contribution < 1.29 is 4.18 Å². The summed E-state index contributed by atoms with van der Waals surface area (Å²) in [5, 5.41) is 0. The van der Waals surface area contributed by atoms with E-state index in [2.05, 4.69) is 37.6 Å². The number of hydrogen-bond donors (Lipinski definition) is 0. The minimum absolute atomic E-state index is 0.512. The monoisotopic (exact) mass is 288 g/mol. The summed E-state index contributed by atoms with van der Waals surface area (Å²) in [6, 6.07) is 12.5. The van der Waals surface area contributed by atoms with Crippen LogP contribution in [0.15, 0.2) is 41.3 Å². The molecule has 0 aliphatic carbocycles. The van der Waals surface area contributed by atoms with Gasteiger partial charge in [0.1, 0.15) is 0 Å². The summed E-state index contributed by atoms with van der Waals surface area (Å²) in [6.45, 7) is 0. The molecule has 14 heavy (non-hydrogen) atoms. The van der Waals surface area contributed by atoms with Gasteiger partial charge in [-0.05, 0) is 0 Å². The molecule has 0 radical (unpaired) electrons. The van der Waals surface area contributed by atoms with Crippen molar-refractivity contribution in [3.05, 3.63) is 41.3 Å². The van der Waals surface area contributed by atoms with Crippen LogP contribution in [0.3, 0.4) is 0 Å². The second kappa shape index (κ2) is 5.04. The standard InChI is InChI=1S/C10H9OPSSe/c12-13-11-9-5-3-8(4-6-9)10-2-1-7-14-10/h1-7H,12H2. The quantitative estimate of drug-likeness (QED) is 0.487. The molecular weight excluding hydrogens is 278 g/mol. The van der Waals surface area contributed by atoms with Crippen LogP contribution < -0.4 is 4.18 Å². The zero-order valence-electron chi connectivity index (χ0n) is 7.34. The summed E-state index contributed by atoms with van der Waals surface area (Å²) in [5.74, 6) is 0.896. The van der Waals surface area contributed by atoms with E-state index in [1.807, 2.05) is 12.1 Å². The van der Waals surface area contributed by atoms with Crippen LogP contribution in [0.2, 0.25) is 0 Å². The molecule has 0 bridgehead atoms. The fourth-order valence-corrected chi connectivity index (χ4v) is 3.27. The molecule has 0 saturated heterocycles. The number of benzene rings is 1. The fraction of sp³-hybridized carbons (Fsp3) is 0. The van der Waals surface area contributed by atoms with Gasteiger partial charge in [-0.25, -0.2) is 0 Å². The predicted octanol–water partition coefficient (Wildman–Crippen LogP) is 3.23. The van der Waals surface area contributed by atoms with E-state index in [4.69, 9.17) is 4.18 Å². The van der Waals surface area contributed by atoms with E-state index in [0.29, 0.717) is 14.5 Å². The van der Waals surface area contributed by atoms with Gasteiger partial charge in [-0.3, -0.25) is 0 Å². The summed E-state index contributed by atoms with van der Waals surface area (Å²) < 4.78 is 6.71. The zero-order chi connectivity index (χ0) is 9.80. The average Bonchev–Trinajstić information content (AvgIpc) is 2.72. The Morgan fingerprint density at radius 1 is 1.14 bits per heavy atom. The van der Waals surface area contributed by atoms with Gasteiger partial charge >= 0.3 is 95.9 Å². The third kappa shape index (κ3) is 2.43. The van der Waals surface area contributed by atoms with Gasteiger partial charge in [-0.15, -0.1) is 0 Å². The SMILES string of the molecule is PSOc1ccc(-c2ccc[se]2)cc1. The van der Waals surface area contributed by atoms with Crippen molar-refractivity contribution in [2.75, 3.05) is 0 Å². The Bertz CT molecular complexity index is 385. The first-order valence-corrected chi connectivity index (χ1v) is 8.14. The van der Waals surface area contributed by atoms with Crippen molar-refractivity contribution in [1.82, 2.24) is 0 Å². The molecule has 2 aromatic rings. The van der Waals surface area contributed by atoms with Crippen LogP contribution in [0.4, 0.5) is 0 Å². The Hall–Kier alpha value is -0.201. The number of hydrogen-bond acceptors (Lipinski definition) is 2. The van der Waals surface area contributed by atoms with E-state index in [1.54, 1.807) is 0 Å². The second-order valence-corrected chi connectivity index (χ2v) is 5.61. The van der Waals surface area contributed by atoms with Gasteiger partial charge in [-0.1, -0.05) is 0 Å². The van der Waals surface area contributed by atoms with Gasteiger partial charge in [0.25, 0.3) is 0 Å². The fourth-order valence-electron chi connectivity index (χ4n) is 1.17. The molecule has 1 atom stereocenters. The molecule has 1 aromatic carbocycles.